The van der Waals surface area contributed by atoms with Gasteiger partial charge in [-0.2, -0.15) is 0 Å². The summed E-state index contributed by atoms with van der Waals surface area (Å²) in [6, 6.07) is 8.64. The van der Waals surface area contributed by atoms with Crippen LogP contribution in [-0.2, 0) is 0 Å². The summed E-state index contributed by atoms with van der Waals surface area (Å²) in [7, 11) is 0. The molecule has 0 aliphatic heterocycles. The van der Waals surface area contributed by atoms with Gasteiger partial charge in [-0.05, 0) is 37.1 Å². The molecule has 0 aliphatic rings. The average Bonchev–Trinajstić information content (AvgIpc) is 2.25. The highest BCUT2D eigenvalue weighted by Crippen LogP contribution is 2.20. The third-order valence-electron chi connectivity index (χ3n) is 2.49. The summed E-state index contributed by atoms with van der Waals surface area (Å²) in [5, 5.41) is 4.37. The Morgan fingerprint density at radius 3 is 2.33 bits per heavy atom. The Kier molecular flexibility index (Phi) is 5.74. The first-order chi connectivity index (χ1) is 7.27. The van der Waals surface area contributed by atoms with Gasteiger partial charge >= 0.3 is 0 Å². The van der Waals surface area contributed by atoms with E-state index in [2.05, 4.69) is 31.3 Å². The van der Waals surface area contributed by atoms with Crippen molar-refractivity contribution in [2.75, 3.05) is 6.54 Å². The summed E-state index contributed by atoms with van der Waals surface area (Å²) >= 11 is 5.88. The molecule has 0 saturated carbocycles. The first kappa shape index (κ1) is 12.5. The third kappa shape index (κ3) is 4.23. The maximum atomic E-state index is 5.88. The summed E-state index contributed by atoms with van der Waals surface area (Å²) in [5.41, 5.74) is 1.34. The molecule has 1 nitrogen and oxygen atoms in total. The molecule has 84 valence electrons. The van der Waals surface area contributed by atoms with E-state index in [1.165, 1.54) is 24.8 Å². The van der Waals surface area contributed by atoms with Crippen LogP contribution in [0.15, 0.2) is 24.3 Å². The van der Waals surface area contributed by atoms with Gasteiger partial charge in [-0.1, -0.05) is 44.0 Å². The van der Waals surface area contributed by atoms with Crippen LogP contribution in [0.2, 0.25) is 5.02 Å². The molecule has 2 heteroatoms. The standard InChI is InChI=1S/C13H20ClN/c1-3-5-13(15-10-4-2)11-6-8-12(14)9-7-11/h6-9,13,15H,3-5,10H2,1-2H3. The Balaban J connectivity index is 2.65. The normalized spacial score (nSPS) is 12.7. The maximum Gasteiger partial charge on any atom is 0.0406 e. The molecule has 1 aromatic rings. The number of benzene rings is 1. The lowest BCUT2D eigenvalue weighted by Gasteiger charge is -2.18. The molecule has 0 spiro atoms. The van der Waals surface area contributed by atoms with Crippen molar-refractivity contribution in [2.24, 2.45) is 0 Å². The highest BCUT2D eigenvalue weighted by atomic mass is 35.5. The van der Waals surface area contributed by atoms with Gasteiger partial charge in [0.15, 0.2) is 0 Å². The van der Waals surface area contributed by atoms with Crippen molar-refractivity contribution in [1.29, 1.82) is 0 Å². The van der Waals surface area contributed by atoms with Crippen LogP contribution in [0.1, 0.15) is 44.7 Å². The van der Waals surface area contributed by atoms with Gasteiger partial charge in [-0.15, -0.1) is 0 Å². The molecule has 0 amide bonds. The Morgan fingerprint density at radius 2 is 1.80 bits per heavy atom. The van der Waals surface area contributed by atoms with Crippen LogP contribution in [0.5, 0.6) is 0 Å². The number of hydrogen-bond acceptors (Lipinski definition) is 1. The predicted molar refractivity (Wildman–Crippen MR) is 67.4 cm³/mol. The van der Waals surface area contributed by atoms with Gasteiger partial charge in [0.1, 0.15) is 0 Å². The third-order valence-corrected chi connectivity index (χ3v) is 2.74. The van der Waals surface area contributed by atoms with E-state index >= 15 is 0 Å². The minimum Gasteiger partial charge on any atom is -0.310 e. The lowest BCUT2D eigenvalue weighted by atomic mass is 10.0. The van der Waals surface area contributed by atoms with Crippen LogP contribution in [0.3, 0.4) is 0 Å². The molecule has 0 radical (unpaired) electrons. The summed E-state index contributed by atoms with van der Waals surface area (Å²) in [5.74, 6) is 0. The first-order valence-electron chi connectivity index (χ1n) is 5.76. The summed E-state index contributed by atoms with van der Waals surface area (Å²) < 4.78 is 0. The van der Waals surface area contributed by atoms with Crippen LogP contribution in [0.4, 0.5) is 0 Å². The lowest BCUT2D eigenvalue weighted by molar-refractivity contribution is 0.494. The second kappa shape index (κ2) is 6.86. The second-order valence-electron chi connectivity index (χ2n) is 3.85. The zero-order valence-corrected chi connectivity index (χ0v) is 10.3. The predicted octanol–water partition coefficient (Wildman–Crippen LogP) is 4.18. The summed E-state index contributed by atoms with van der Waals surface area (Å²) in [4.78, 5) is 0. The van der Waals surface area contributed by atoms with Gasteiger partial charge in [-0.25, -0.2) is 0 Å². The molecular formula is C13H20ClN. The summed E-state index contributed by atoms with van der Waals surface area (Å²) in [6.45, 7) is 5.49. The van der Waals surface area contributed by atoms with Gasteiger partial charge in [0.25, 0.3) is 0 Å². The number of nitrogens with one attached hydrogen (secondary N) is 1. The van der Waals surface area contributed by atoms with E-state index in [1.807, 2.05) is 12.1 Å². The molecule has 0 fully saturated rings. The zero-order chi connectivity index (χ0) is 11.1. The molecule has 1 aromatic carbocycles. The highest BCUT2D eigenvalue weighted by Gasteiger charge is 2.08. The lowest BCUT2D eigenvalue weighted by Crippen LogP contribution is -2.21. The van der Waals surface area contributed by atoms with Crippen molar-refractivity contribution < 1.29 is 0 Å². The van der Waals surface area contributed by atoms with E-state index < -0.39 is 0 Å². The van der Waals surface area contributed by atoms with Crippen molar-refractivity contribution in [2.45, 2.75) is 39.2 Å². The average molecular weight is 226 g/mol. The highest BCUT2D eigenvalue weighted by molar-refractivity contribution is 6.30. The Morgan fingerprint density at radius 1 is 1.13 bits per heavy atom. The first-order valence-corrected chi connectivity index (χ1v) is 6.14. The number of hydrogen-bond donors (Lipinski definition) is 1. The maximum absolute atomic E-state index is 5.88. The van der Waals surface area contributed by atoms with Crippen molar-refractivity contribution in [1.82, 2.24) is 5.32 Å². The van der Waals surface area contributed by atoms with Gasteiger partial charge in [0.2, 0.25) is 0 Å². The molecule has 0 aromatic heterocycles. The Labute approximate surface area is 97.8 Å². The molecule has 0 aliphatic carbocycles. The monoisotopic (exact) mass is 225 g/mol. The van der Waals surface area contributed by atoms with E-state index in [-0.39, 0.29) is 0 Å². The van der Waals surface area contributed by atoms with E-state index in [1.54, 1.807) is 0 Å². The largest absolute Gasteiger partial charge is 0.310 e. The topological polar surface area (TPSA) is 12.0 Å². The second-order valence-corrected chi connectivity index (χ2v) is 4.28. The Hall–Kier alpha value is -0.530. The number of halogens is 1. The molecule has 1 unspecified atom stereocenters. The minimum absolute atomic E-state index is 0.479. The van der Waals surface area contributed by atoms with Crippen LogP contribution in [0, 0.1) is 0 Å². The van der Waals surface area contributed by atoms with Gasteiger partial charge in [-0.3, -0.25) is 0 Å². The van der Waals surface area contributed by atoms with E-state index in [4.69, 9.17) is 11.6 Å². The van der Waals surface area contributed by atoms with E-state index in [0.717, 1.165) is 11.6 Å². The molecular weight excluding hydrogens is 206 g/mol. The molecule has 0 heterocycles. The Bertz CT molecular complexity index is 268. The van der Waals surface area contributed by atoms with Crippen LogP contribution < -0.4 is 5.32 Å². The van der Waals surface area contributed by atoms with Gasteiger partial charge in [0.05, 0.1) is 0 Å². The fourth-order valence-electron chi connectivity index (χ4n) is 1.69. The molecule has 1 atom stereocenters. The molecule has 0 bridgehead atoms. The summed E-state index contributed by atoms with van der Waals surface area (Å²) in [6.07, 6.45) is 3.56. The molecule has 1 rings (SSSR count). The molecule has 0 saturated heterocycles. The fraction of sp³-hybridized carbons (Fsp3) is 0.538. The van der Waals surface area contributed by atoms with Crippen molar-refractivity contribution >= 4 is 11.6 Å². The minimum atomic E-state index is 0.479. The SMILES string of the molecule is CCCNC(CCC)c1ccc(Cl)cc1. The van der Waals surface area contributed by atoms with Crippen LogP contribution in [0.25, 0.3) is 0 Å². The quantitative estimate of drug-likeness (QED) is 0.766. The molecule has 1 N–H and O–H groups in total. The number of rotatable bonds is 6. The van der Waals surface area contributed by atoms with Crippen molar-refractivity contribution in [3.63, 3.8) is 0 Å². The van der Waals surface area contributed by atoms with Crippen molar-refractivity contribution in [3.05, 3.63) is 34.9 Å². The van der Waals surface area contributed by atoms with E-state index in [9.17, 15) is 0 Å². The van der Waals surface area contributed by atoms with Crippen LogP contribution in [-0.4, -0.2) is 6.54 Å². The van der Waals surface area contributed by atoms with E-state index in [0.29, 0.717) is 6.04 Å². The fourth-order valence-corrected chi connectivity index (χ4v) is 1.81. The zero-order valence-electron chi connectivity index (χ0n) is 9.59. The van der Waals surface area contributed by atoms with Gasteiger partial charge in [0, 0.05) is 11.1 Å². The van der Waals surface area contributed by atoms with Crippen molar-refractivity contribution in [3.8, 4) is 0 Å². The van der Waals surface area contributed by atoms with Gasteiger partial charge < -0.3 is 5.32 Å². The smallest absolute Gasteiger partial charge is 0.0406 e. The molecule has 15 heavy (non-hydrogen) atoms. The van der Waals surface area contributed by atoms with Crippen LogP contribution >= 0.6 is 11.6 Å².